The largest absolute Gasteiger partial charge is 0.370 e. The molecule has 1 aromatic carbocycles. The Kier molecular flexibility index (Phi) is 5.74. The molecule has 20 heavy (non-hydrogen) atoms. The number of para-hydroxylation sites is 1. The van der Waals surface area contributed by atoms with Crippen LogP contribution < -0.4 is 10.6 Å². The predicted molar refractivity (Wildman–Crippen MR) is 88.6 cm³/mol. The van der Waals surface area contributed by atoms with E-state index in [2.05, 4.69) is 24.8 Å². The molecule has 1 aromatic rings. The lowest BCUT2D eigenvalue weighted by Crippen LogP contribution is -2.26. The number of nitrogens with zero attached hydrogens (tertiary/aromatic N) is 1. The third-order valence-electron chi connectivity index (χ3n) is 4.52. The third kappa shape index (κ3) is 3.67. The minimum atomic E-state index is 0.676. The Morgan fingerprint density at radius 1 is 1.30 bits per heavy atom. The Morgan fingerprint density at radius 2 is 2.10 bits per heavy atom. The van der Waals surface area contributed by atoms with E-state index in [1.807, 2.05) is 12.1 Å². The van der Waals surface area contributed by atoms with Gasteiger partial charge in [0.2, 0.25) is 0 Å². The summed E-state index contributed by atoms with van der Waals surface area (Å²) < 4.78 is 0. The van der Waals surface area contributed by atoms with Crippen molar-refractivity contribution in [1.82, 2.24) is 0 Å². The molecule has 1 heterocycles. The quantitative estimate of drug-likeness (QED) is 0.906. The van der Waals surface area contributed by atoms with Crippen LogP contribution in [0.1, 0.15) is 38.7 Å². The highest BCUT2D eigenvalue weighted by atomic mass is 35.5. The van der Waals surface area contributed by atoms with Crippen LogP contribution in [0.25, 0.3) is 0 Å². The van der Waals surface area contributed by atoms with E-state index in [0.717, 1.165) is 36.4 Å². The number of nitrogens with two attached hydrogens (primary N) is 1. The molecule has 0 aliphatic carbocycles. The summed E-state index contributed by atoms with van der Waals surface area (Å²) in [5, 5.41) is 0.874. The van der Waals surface area contributed by atoms with Gasteiger partial charge in [0.05, 0.1) is 10.7 Å². The first-order valence-electron chi connectivity index (χ1n) is 7.86. The highest BCUT2D eigenvalue weighted by molar-refractivity contribution is 6.33. The van der Waals surface area contributed by atoms with Gasteiger partial charge in [0, 0.05) is 13.1 Å². The van der Waals surface area contributed by atoms with Crippen LogP contribution in [0.2, 0.25) is 5.02 Å². The lowest BCUT2D eigenvalue weighted by atomic mass is 9.89. The second-order valence-corrected chi connectivity index (χ2v) is 6.62. The Bertz CT molecular complexity index is 431. The smallest absolute Gasteiger partial charge is 0.0642 e. The van der Waals surface area contributed by atoms with Gasteiger partial charge in [-0.25, -0.2) is 0 Å². The molecule has 2 N–H and O–H groups in total. The van der Waals surface area contributed by atoms with E-state index in [4.69, 9.17) is 17.3 Å². The van der Waals surface area contributed by atoms with Gasteiger partial charge in [-0.2, -0.15) is 0 Å². The Balaban J connectivity index is 2.19. The maximum Gasteiger partial charge on any atom is 0.0642 e. The predicted octanol–water partition coefficient (Wildman–Crippen LogP) is 4.10. The molecule has 1 atom stereocenters. The zero-order valence-electron chi connectivity index (χ0n) is 12.7. The molecule has 0 aromatic heterocycles. The van der Waals surface area contributed by atoms with Gasteiger partial charge in [-0.05, 0) is 55.7 Å². The molecule has 2 nitrogen and oxygen atoms in total. The molecule has 0 bridgehead atoms. The van der Waals surface area contributed by atoms with Crippen LogP contribution in [0.4, 0.5) is 5.69 Å². The van der Waals surface area contributed by atoms with E-state index >= 15 is 0 Å². The summed E-state index contributed by atoms with van der Waals surface area (Å²) in [7, 11) is 0. The van der Waals surface area contributed by atoms with Gasteiger partial charge >= 0.3 is 0 Å². The van der Waals surface area contributed by atoms with Crippen LogP contribution in [0.15, 0.2) is 18.2 Å². The van der Waals surface area contributed by atoms with Crippen molar-refractivity contribution in [3.05, 3.63) is 28.8 Å². The molecular formula is C17H27ClN2. The van der Waals surface area contributed by atoms with Gasteiger partial charge in [0.15, 0.2) is 0 Å². The van der Waals surface area contributed by atoms with E-state index in [1.54, 1.807) is 0 Å². The van der Waals surface area contributed by atoms with Crippen molar-refractivity contribution in [1.29, 1.82) is 0 Å². The number of hydrogen-bond acceptors (Lipinski definition) is 2. The van der Waals surface area contributed by atoms with E-state index < -0.39 is 0 Å². The number of halogens is 1. The molecule has 3 heteroatoms. The van der Waals surface area contributed by atoms with Crippen LogP contribution in [0, 0.1) is 11.8 Å². The van der Waals surface area contributed by atoms with Gasteiger partial charge in [0.25, 0.3) is 0 Å². The summed E-state index contributed by atoms with van der Waals surface area (Å²) in [5.41, 5.74) is 8.26. The minimum Gasteiger partial charge on any atom is -0.370 e. The zero-order chi connectivity index (χ0) is 14.5. The number of benzene rings is 1. The average molecular weight is 295 g/mol. The van der Waals surface area contributed by atoms with Gasteiger partial charge < -0.3 is 10.6 Å². The standard InChI is InChI=1S/C17H27ClN2/c1-13(2)14-6-4-11-20(12-9-14)17-15(8-10-19)5-3-7-16(17)18/h3,5,7,13-14H,4,6,8-12,19H2,1-2H3. The molecule has 112 valence electrons. The first-order valence-corrected chi connectivity index (χ1v) is 8.23. The number of rotatable bonds is 4. The summed E-state index contributed by atoms with van der Waals surface area (Å²) in [6, 6.07) is 6.20. The van der Waals surface area contributed by atoms with Crippen LogP contribution in [-0.2, 0) is 6.42 Å². The molecule has 0 spiro atoms. The van der Waals surface area contributed by atoms with Crippen molar-refractivity contribution >= 4 is 17.3 Å². The fourth-order valence-electron chi connectivity index (χ4n) is 3.28. The molecule has 1 unspecified atom stereocenters. The topological polar surface area (TPSA) is 29.3 Å². The second-order valence-electron chi connectivity index (χ2n) is 6.21. The number of anilines is 1. The van der Waals surface area contributed by atoms with E-state index in [1.165, 1.54) is 30.5 Å². The highest BCUT2D eigenvalue weighted by Crippen LogP contribution is 2.34. The average Bonchev–Trinajstić information content (AvgIpc) is 2.65. The first kappa shape index (κ1) is 15.7. The first-order chi connectivity index (χ1) is 9.63. The normalized spacial score (nSPS) is 20.2. The molecule has 2 rings (SSSR count). The van der Waals surface area contributed by atoms with Crippen molar-refractivity contribution < 1.29 is 0 Å². The van der Waals surface area contributed by atoms with Crippen LogP contribution in [0.5, 0.6) is 0 Å². The summed E-state index contributed by atoms with van der Waals surface area (Å²) in [5.74, 6) is 1.63. The fourth-order valence-corrected chi connectivity index (χ4v) is 3.60. The number of hydrogen-bond donors (Lipinski definition) is 1. The van der Waals surface area contributed by atoms with Crippen LogP contribution in [0.3, 0.4) is 0 Å². The Labute approximate surface area is 128 Å². The second kappa shape index (κ2) is 7.33. The van der Waals surface area contributed by atoms with Crippen molar-refractivity contribution in [3.8, 4) is 0 Å². The van der Waals surface area contributed by atoms with E-state index in [0.29, 0.717) is 6.54 Å². The molecule has 0 saturated carbocycles. The van der Waals surface area contributed by atoms with Gasteiger partial charge in [-0.15, -0.1) is 0 Å². The lowest BCUT2D eigenvalue weighted by molar-refractivity contribution is 0.351. The summed E-state index contributed by atoms with van der Waals surface area (Å²) >= 11 is 6.47. The van der Waals surface area contributed by atoms with Crippen LogP contribution >= 0.6 is 11.6 Å². The third-order valence-corrected chi connectivity index (χ3v) is 4.82. The van der Waals surface area contributed by atoms with Gasteiger partial charge in [-0.1, -0.05) is 37.6 Å². The monoisotopic (exact) mass is 294 g/mol. The molecular weight excluding hydrogens is 268 g/mol. The van der Waals surface area contributed by atoms with Crippen molar-refractivity contribution in [2.24, 2.45) is 17.6 Å². The summed E-state index contributed by atoms with van der Waals surface area (Å²) in [6.07, 6.45) is 4.77. The van der Waals surface area contributed by atoms with Crippen LogP contribution in [-0.4, -0.2) is 19.6 Å². The SMILES string of the molecule is CC(C)C1CCCN(c2c(Cl)cccc2CCN)CC1. The molecule has 0 amide bonds. The van der Waals surface area contributed by atoms with Crippen molar-refractivity contribution in [3.63, 3.8) is 0 Å². The van der Waals surface area contributed by atoms with E-state index in [-0.39, 0.29) is 0 Å². The maximum atomic E-state index is 6.47. The molecule has 1 aliphatic rings. The van der Waals surface area contributed by atoms with Crippen molar-refractivity contribution in [2.75, 3.05) is 24.5 Å². The molecule has 0 radical (unpaired) electrons. The lowest BCUT2D eigenvalue weighted by Gasteiger charge is -2.27. The molecule has 1 fully saturated rings. The molecule has 1 saturated heterocycles. The summed E-state index contributed by atoms with van der Waals surface area (Å²) in [6.45, 7) is 7.59. The minimum absolute atomic E-state index is 0.676. The fraction of sp³-hybridized carbons (Fsp3) is 0.647. The summed E-state index contributed by atoms with van der Waals surface area (Å²) in [4.78, 5) is 2.48. The van der Waals surface area contributed by atoms with E-state index in [9.17, 15) is 0 Å². The highest BCUT2D eigenvalue weighted by Gasteiger charge is 2.22. The Hall–Kier alpha value is -0.730. The molecule has 1 aliphatic heterocycles. The Morgan fingerprint density at radius 3 is 2.80 bits per heavy atom. The maximum absolute atomic E-state index is 6.47. The zero-order valence-corrected chi connectivity index (χ0v) is 13.5. The van der Waals surface area contributed by atoms with Gasteiger partial charge in [0.1, 0.15) is 0 Å². The van der Waals surface area contributed by atoms with Crippen molar-refractivity contribution in [2.45, 2.75) is 39.5 Å². The van der Waals surface area contributed by atoms with Gasteiger partial charge in [-0.3, -0.25) is 0 Å².